The topological polar surface area (TPSA) is 100 Å². The Bertz CT molecular complexity index is 1580. The molecule has 0 aliphatic carbocycles. The summed E-state index contributed by atoms with van der Waals surface area (Å²) >= 11 is 0. The first-order valence-electron chi connectivity index (χ1n) is 15.0. The zero-order chi connectivity index (χ0) is 30.9. The zero-order valence-corrected chi connectivity index (χ0v) is 25.7. The fourth-order valence-corrected chi connectivity index (χ4v) is 5.28. The average Bonchev–Trinajstić information content (AvgIpc) is 2.98. The number of hydrogen-bond donors (Lipinski definition) is 3. The van der Waals surface area contributed by atoms with Crippen molar-refractivity contribution in [1.29, 1.82) is 0 Å². The molecular formula is C36H42N4O3. The van der Waals surface area contributed by atoms with E-state index in [0.29, 0.717) is 13.0 Å². The summed E-state index contributed by atoms with van der Waals surface area (Å²) < 4.78 is 0. The van der Waals surface area contributed by atoms with Gasteiger partial charge >= 0.3 is 0 Å². The van der Waals surface area contributed by atoms with Gasteiger partial charge in [-0.25, -0.2) is 4.98 Å². The van der Waals surface area contributed by atoms with Gasteiger partial charge in [-0.2, -0.15) is 0 Å². The van der Waals surface area contributed by atoms with Crippen LogP contribution >= 0.6 is 0 Å². The van der Waals surface area contributed by atoms with Crippen LogP contribution in [0.5, 0.6) is 0 Å². The molecule has 7 heteroatoms. The summed E-state index contributed by atoms with van der Waals surface area (Å²) in [5.74, 6) is 0.126. The molecule has 1 aromatic heterocycles. The second-order valence-electron chi connectivity index (χ2n) is 11.6. The maximum Gasteiger partial charge on any atom is 0.243 e. The first-order chi connectivity index (χ1) is 20.6. The quantitative estimate of drug-likeness (QED) is 0.154. The molecule has 3 N–H and O–H groups in total. The van der Waals surface area contributed by atoms with Crippen LogP contribution in [-0.2, 0) is 14.4 Å². The number of pyridine rings is 1. The minimum Gasteiger partial charge on any atom is -0.370 e. The lowest BCUT2D eigenvalue weighted by molar-refractivity contribution is -0.130. The molecule has 0 saturated heterocycles. The van der Waals surface area contributed by atoms with Crippen molar-refractivity contribution >= 4 is 34.2 Å². The van der Waals surface area contributed by atoms with Crippen molar-refractivity contribution < 1.29 is 14.4 Å². The fourth-order valence-electron chi connectivity index (χ4n) is 5.28. The summed E-state index contributed by atoms with van der Waals surface area (Å²) in [6.07, 6.45) is 2.79. The molecule has 0 saturated carbocycles. The minimum absolute atomic E-state index is 0.0281. The van der Waals surface area contributed by atoms with Crippen LogP contribution in [0.25, 0.3) is 21.9 Å². The monoisotopic (exact) mass is 578 g/mol. The zero-order valence-electron chi connectivity index (χ0n) is 25.7. The lowest BCUT2D eigenvalue weighted by atomic mass is 9.93. The number of amides is 2. The van der Waals surface area contributed by atoms with Crippen LogP contribution in [0.15, 0.2) is 79.0 Å². The number of hydrogen-bond acceptors (Lipinski definition) is 5. The molecular weight excluding hydrogens is 536 g/mol. The molecule has 0 unspecified atom stereocenters. The van der Waals surface area contributed by atoms with Gasteiger partial charge in [-0.1, -0.05) is 74.5 Å². The molecule has 0 fully saturated rings. The van der Waals surface area contributed by atoms with E-state index in [1.165, 1.54) is 23.3 Å². The summed E-state index contributed by atoms with van der Waals surface area (Å²) in [7, 11) is 0. The van der Waals surface area contributed by atoms with Gasteiger partial charge < -0.3 is 16.0 Å². The Kier molecular flexibility index (Phi) is 10.7. The van der Waals surface area contributed by atoms with Crippen LogP contribution < -0.4 is 16.0 Å². The first-order valence-corrected chi connectivity index (χ1v) is 15.0. The Morgan fingerprint density at radius 2 is 1.58 bits per heavy atom. The highest BCUT2D eigenvalue weighted by atomic mass is 16.2. The highest BCUT2D eigenvalue weighted by molar-refractivity contribution is 5.98. The lowest BCUT2D eigenvalue weighted by Crippen LogP contribution is -2.50. The van der Waals surface area contributed by atoms with Gasteiger partial charge in [-0.3, -0.25) is 14.4 Å². The van der Waals surface area contributed by atoms with E-state index in [2.05, 4.69) is 52.1 Å². The van der Waals surface area contributed by atoms with Crippen molar-refractivity contribution in [3.63, 3.8) is 0 Å². The summed E-state index contributed by atoms with van der Waals surface area (Å²) in [4.78, 5) is 42.7. The number of carbonyl (C=O) groups is 3. The van der Waals surface area contributed by atoms with Crippen LogP contribution in [0.1, 0.15) is 62.8 Å². The number of aromatic nitrogens is 1. The van der Waals surface area contributed by atoms with Gasteiger partial charge in [-0.05, 0) is 83.8 Å². The second-order valence-corrected chi connectivity index (χ2v) is 11.6. The third kappa shape index (κ3) is 8.51. The molecule has 0 aliphatic heterocycles. The molecule has 224 valence electrons. The predicted molar refractivity (Wildman–Crippen MR) is 174 cm³/mol. The molecule has 0 aliphatic rings. The number of fused-ring (bicyclic) bond motifs is 1. The summed E-state index contributed by atoms with van der Waals surface area (Å²) in [6.45, 7) is 10.0. The van der Waals surface area contributed by atoms with E-state index < -0.39 is 12.1 Å². The maximum atomic E-state index is 13.4. The number of benzene rings is 3. The number of rotatable bonds is 13. The number of nitrogens with one attached hydrogen (secondary N) is 3. The number of anilines is 1. The van der Waals surface area contributed by atoms with Gasteiger partial charge in [0.05, 0.1) is 6.04 Å². The molecule has 0 spiro atoms. The lowest BCUT2D eigenvalue weighted by Gasteiger charge is -2.26. The van der Waals surface area contributed by atoms with Gasteiger partial charge in [0.2, 0.25) is 11.8 Å². The highest BCUT2D eigenvalue weighted by Gasteiger charge is 2.27. The first kappa shape index (κ1) is 31.4. The van der Waals surface area contributed by atoms with E-state index in [0.717, 1.165) is 28.1 Å². The van der Waals surface area contributed by atoms with E-state index >= 15 is 0 Å². The Hall–Kier alpha value is -4.52. The highest BCUT2D eigenvalue weighted by Crippen LogP contribution is 2.31. The van der Waals surface area contributed by atoms with Crippen LogP contribution in [0.4, 0.5) is 5.82 Å². The van der Waals surface area contributed by atoms with Crippen molar-refractivity contribution in [2.75, 3.05) is 11.9 Å². The molecule has 4 rings (SSSR count). The Morgan fingerprint density at radius 3 is 2.26 bits per heavy atom. The van der Waals surface area contributed by atoms with Crippen LogP contribution in [-0.4, -0.2) is 35.2 Å². The SMILES string of the molecule is CC(=O)C[C@H](NC(=O)[C@H](NC(=O)CCCNc1cc(C)ccn1)C(C)C)c1ccc(-c2ccc(C)c3ccccc23)cc1. The van der Waals surface area contributed by atoms with Crippen molar-refractivity contribution in [3.8, 4) is 11.1 Å². The van der Waals surface area contributed by atoms with Crippen LogP contribution in [0, 0.1) is 19.8 Å². The molecule has 0 bridgehead atoms. The third-order valence-corrected chi connectivity index (χ3v) is 7.64. The average molecular weight is 579 g/mol. The molecule has 2 atom stereocenters. The van der Waals surface area contributed by atoms with Gasteiger partial charge in [0.1, 0.15) is 17.6 Å². The number of Topliss-reactive ketones (excluding diaryl/α,β-unsaturated/α-hetero) is 1. The molecule has 4 aromatic rings. The van der Waals surface area contributed by atoms with Crippen molar-refractivity contribution in [2.24, 2.45) is 5.92 Å². The molecule has 2 amide bonds. The van der Waals surface area contributed by atoms with E-state index in [4.69, 9.17) is 0 Å². The summed E-state index contributed by atoms with van der Waals surface area (Å²) in [5, 5.41) is 11.6. The second kappa shape index (κ2) is 14.6. The normalized spacial score (nSPS) is 12.5. The molecule has 1 heterocycles. The molecule has 43 heavy (non-hydrogen) atoms. The predicted octanol–water partition coefficient (Wildman–Crippen LogP) is 6.69. The third-order valence-electron chi connectivity index (χ3n) is 7.64. The van der Waals surface area contributed by atoms with Crippen molar-refractivity contribution in [1.82, 2.24) is 15.6 Å². The number of aryl methyl sites for hydroxylation is 2. The Morgan fingerprint density at radius 1 is 0.860 bits per heavy atom. The Balaban J connectivity index is 1.41. The smallest absolute Gasteiger partial charge is 0.243 e. The molecule has 0 radical (unpaired) electrons. The van der Waals surface area contributed by atoms with Crippen molar-refractivity contribution in [3.05, 3.63) is 95.7 Å². The molecule has 7 nitrogen and oxygen atoms in total. The van der Waals surface area contributed by atoms with Gasteiger partial charge in [0.15, 0.2) is 0 Å². The van der Waals surface area contributed by atoms with Crippen LogP contribution in [0.3, 0.4) is 0 Å². The Labute approximate surface area is 254 Å². The van der Waals surface area contributed by atoms with Crippen LogP contribution in [0.2, 0.25) is 0 Å². The number of nitrogens with zero attached hydrogens (tertiary/aromatic N) is 1. The van der Waals surface area contributed by atoms with E-state index in [9.17, 15) is 14.4 Å². The number of ketones is 1. The largest absolute Gasteiger partial charge is 0.370 e. The van der Waals surface area contributed by atoms with E-state index in [1.54, 1.807) is 6.20 Å². The van der Waals surface area contributed by atoms with Gasteiger partial charge in [0.25, 0.3) is 0 Å². The molecule has 3 aromatic carbocycles. The maximum absolute atomic E-state index is 13.4. The summed E-state index contributed by atoms with van der Waals surface area (Å²) in [5.41, 5.74) is 5.37. The van der Waals surface area contributed by atoms with E-state index in [-0.39, 0.29) is 36.4 Å². The van der Waals surface area contributed by atoms with Crippen molar-refractivity contribution in [2.45, 2.75) is 66.0 Å². The minimum atomic E-state index is -0.716. The standard InChI is InChI=1S/C36H42N4O3/c1-23(2)35(40-34(42)11-8-19-37-33-21-24(3)18-20-38-33)36(43)39-32(22-26(5)41)28-15-13-27(14-16-28)30-17-12-25(4)29-9-6-7-10-31(29)30/h6-7,9-10,12-18,20-21,23,32,35H,8,11,19,22H2,1-5H3,(H,37,38)(H,39,43)(H,40,42)/t32-,35+/m0/s1. The van der Waals surface area contributed by atoms with Gasteiger partial charge in [-0.15, -0.1) is 0 Å². The van der Waals surface area contributed by atoms with E-state index in [1.807, 2.05) is 69.3 Å². The number of carbonyl (C=O) groups excluding carboxylic acids is 3. The van der Waals surface area contributed by atoms with Gasteiger partial charge in [0, 0.05) is 25.6 Å². The summed E-state index contributed by atoms with van der Waals surface area (Å²) in [6, 6.07) is 23.3. The fraction of sp³-hybridized carbons (Fsp3) is 0.333.